The summed E-state index contributed by atoms with van der Waals surface area (Å²) in [4.78, 5) is 13.4. The van der Waals surface area contributed by atoms with Crippen molar-refractivity contribution in [3.63, 3.8) is 0 Å². The molecule has 3 nitrogen and oxygen atoms in total. The number of amides is 1. The summed E-state index contributed by atoms with van der Waals surface area (Å²) < 4.78 is 0. The molecular formula is C17H20N2OS. The quantitative estimate of drug-likeness (QED) is 0.610. The molecule has 1 atom stereocenters. The number of thioether (sulfide) groups is 1. The molecule has 1 unspecified atom stereocenters. The highest BCUT2D eigenvalue weighted by molar-refractivity contribution is 7.99. The summed E-state index contributed by atoms with van der Waals surface area (Å²) in [7, 11) is 0. The molecule has 0 heterocycles. The predicted molar refractivity (Wildman–Crippen MR) is 88.4 cm³/mol. The van der Waals surface area contributed by atoms with Crippen LogP contribution in [0.15, 0.2) is 65.6 Å². The Hall–Kier alpha value is -1.78. The van der Waals surface area contributed by atoms with Gasteiger partial charge in [0, 0.05) is 23.7 Å². The summed E-state index contributed by atoms with van der Waals surface area (Å²) in [6.07, 6.45) is 0. The van der Waals surface area contributed by atoms with Crippen molar-refractivity contribution in [3.05, 3.63) is 66.2 Å². The van der Waals surface area contributed by atoms with E-state index in [0.717, 1.165) is 11.3 Å². The zero-order valence-electron chi connectivity index (χ0n) is 11.9. The van der Waals surface area contributed by atoms with Crippen molar-refractivity contribution in [1.82, 2.24) is 5.32 Å². The molecule has 0 aliphatic heterocycles. The summed E-state index contributed by atoms with van der Waals surface area (Å²) in [5, 5.41) is 2.96. The second-order valence-electron chi connectivity index (χ2n) is 4.65. The predicted octanol–water partition coefficient (Wildman–Crippen LogP) is 2.64. The lowest BCUT2D eigenvalue weighted by Gasteiger charge is -2.15. The van der Waals surface area contributed by atoms with Crippen molar-refractivity contribution in [2.45, 2.75) is 10.8 Å². The molecule has 4 heteroatoms. The van der Waals surface area contributed by atoms with Crippen molar-refractivity contribution < 1.29 is 4.79 Å². The number of rotatable bonds is 7. The van der Waals surface area contributed by atoms with Gasteiger partial charge < -0.3 is 11.1 Å². The van der Waals surface area contributed by atoms with Crippen molar-refractivity contribution in [2.75, 3.05) is 18.8 Å². The van der Waals surface area contributed by atoms with Crippen LogP contribution < -0.4 is 11.1 Å². The third kappa shape index (κ3) is 4.92. The third-order valence-corrected chi connectivity index (χ3v) is 4.18. The maximum absolute atomic E-state index is 12.2. The van der Waals surface area contributed by atoms with Gasteiger partial charge in [-0.25, -0.2) is 0 Å². The average molecular weight is 300 g/mol. The Labute approximate surface area is 129 Å². The molecular weight excluding hydrogens is 280 g/mol. The molecule has 2 rings (SSSR count). The van der Waals surface area contributed by atoms with Crippen molar-refractivity contribution >= 4 is 17.7 Å². The van der Waals surface area contributed by atoms with Crippen molar-refractivity contribution in [3.8, 4) is 0 Å². The van der Waals surface area contributed by atoms with E-state index in [1.807, 2.05) is 48.5 Å². The first kappa shape index (κ1) is 15.6. The Balaban J connectivity index is 1.78. The smallest absolute Gasteiger partial charge is 0.228 e. The van der Waals surface area contributed by atoms with E-state index in [1.54, 1.807) is 11.8 Å². The summed E-state index contributed by atoms with van der Waals surface area (Å²) in [6, 6.07) is 19.8. The highest BCUT2D eigenvalue weighted by Crippen LogP contribution is 2.17. The Morgan fingerprint density at radius 1 is 1.05 bits per heavy atom. The van der Waals surface area contributed by atoms with E-state index in [0.29, 0.717) is 13.1 Å². The molecule has 0 aromatic heterocycles. The molecule has 3 N–H and O–H groups in total. The lowest BCUT2D eigenvalue weighted by atomic mass is 9.98. The Morgan fingerprint density at radius 3 is 2.29 bits per heavy atom. The van der Waals surface area contributed by atoms with Crippen LogP contribution in [0, 0.1) is 0 Å². The topological polar surface area (TPSA) is 55.1 Å². The number of carbonyl (C=O) groups is 1. The second kappa shape index (κ2) is 8.49. The normalized spacial score (nSPS) is 11.9. The molecule has 2 aromatic carbocycles. The van der Waals surface area contributed by atoms with Gasteiger partial charge in [0.2, 0.25) is 5.91 Å². The molecule has 0 radical (unpaired) electrons. The van der Waals surface area contributed by atoms with Crippen LogP contribution in [-0.2, 0) is 4.79 Å². The van der Waals surface area contributed by atoms with Crippen LogP contribution in [0.3, 0.4) is 0 Å². The summed E-state index contributed by atoms with van der Waals surface area (Å²) in [5.41, 5.74) is 6.70. The van der Waals surface area contributed by atoms with Gasteiger partial charge in [0.15, 0.2) is 0 Å². The molecule has 0 spiro atoms. The fourth-order valence-corrected chi connectivity index (χ4v) is 2.85. The molecule has 0 saturated carbocycles. The SMILES string of the molecule is NCC(C(=O)NCCSc1ccccc1)c1ccccc1. The largest absolute Gasteiger partial charge is 0.355 e. The van der Waals surface area contributed by atoms with E-state index < -0.39 is 0 Å². The van der Waals surface area contributed by atoms with Gasteiger partial charge in [-0.3, -0.25) is 4.79 Å². The number of nitrogens with one attached hydrogen (secondary N) is 1. The molecule has 0 aliphatic rings. The number of benzene rings is 2. The molecule has 2 aromatic rings. The van der Waals surface area contributed by atoms with Gasteiger partial charge in [-0.15, -0.1) is 11.8 Å². The molecule has 0 saturated heterocycles. The van der Waals surface area contributed by atoms with E-state index >= 15 is 0 Å². The summed E-state index contributed by atoms with van der Waals surface area (Å²) in [5.74, 6) is 0.576. The first-order valence-electron chi connectivity index (χ1n) is 7.02. The molecule has 0 fully saturated rings. The van der Waals surface area contributed by atoms with Gasteiger partial charge in [-0.05, 0) is 17.7 Å². The van der Waals surface area contributed by atoms with Gasteiger partial charge in [0.05, 0.1) is 5.92 Å². The van der Waals surface area contributed by atoms with Gasteiger partial charge in [0.25, 0.3) is 0 Å². The monoisotopic (exact) mass is 300 g/mol. The Kier molecular flexibility index (Phi) is 6.31. The number of hydrogen-bond donors (Lipinski definition) is 2. The standard InChI is InChI=1S/C17H20N2OS/c18-13-16(14-7-3-1-4-8-14)17(20)19-11-12-21-15-9-5-2-6-10-15/h1-10,16H,11-13,18H2,(H,19,20). The van der Waals surface area contributed by atoms with Crippen LogP contribution in [0.4, 0.5) is 0 Å². The van der Waals surface area contributed by atoms with E-state index in [1.165, 1.54) is 4.90 Å². The fraction of sp³-hybridized carbons (Fsp3) is 0.235. The van der Waals surface area contributed by atoms with Crippen LogP contribution in [0.1, 0.15) is 11.5 Å². The minimum Gasteiger partial charge on any atom is -0.355 e. The minimum absolute atomic E-state index is 0.00244. The second-order valence-corrected chi connectivity index (χ2v) is 5.82. The van der Waals surface area contributed by atoms with E-state index in [-0.39, 0.29) is 11.8 Å². The number of carbonyl (C=O) groups excluding carboxylic acids is 1. The first-order valence-corrected chi connectivity index (χ1v) is 8.00. The van der Waals surface area contributed by atoms with E-state index in [9.17, 15) is 4.79 Å². The number of nitrogens with two attached hydrogens (primary N) is 1. The molecule has 1 amide bonds. The Bertz CT molecular complexity index is 545. The van der Waals surface area contributed by atoms with Gasteiger partial charge in [-0.2, -0.15) is 0 Å². The average Bonchev–Trinajstić information content (AvgIpc) is 2.54. The van der Waals surface area contributed by atoms with Crippen LogP contribution in [0.25, 0.3) is 0 Å². The molecule has 0 bridgehead atoms. The molecule has 110 valence electrons. The number of hydrogen-bond acceptors (Lipinski definition) is 3. The third-order valence-electron chi connectivity index (χ3n) is 3.17. The first-order chi connectivity index (χ1) is 10.3. The molecule has 0 aliphatic carbocycles. The van der Waals surface area contributed by atoms with Crippen LogP contribution in [0.5, 0.6) is 0 Å². The van der Waals surface area contributed by atoms with Crippen molar-refractivity contribution in [1.29, 1.82) is 0 Å². The minimum atomic E-state index is -0.270. The van der Waals surface area contributed by atoms with Crippen LogP contribution in [-0.4, -0.2) is 24.7 Å². The molecule has 21 heavy (non-hydrogen) atoms. The maximum Gasteiger partial charge on any atom is 0.228 e. The lowest BCUT2D eigenvalue weighted by Crippen LogP contribution is -2.34. The van der Waals surface area contributed by atoms with E-state index in [4.69, 9.17) is 5.73 Å². The van der Waals surface area contributed by atoms with Gasteiger partial charge in [0.1, 0.15) is 0 Å². The summed E-state index contributed by atoms with van der Waals surface area (Å²) >= 11 is 1.73. The van der Waals surface area contributed by atoms with Crippen molar-refractivity contribution in [2.24, 2.45) is 5.73 Å². The van der Waals surface area contributed by atoms with E-state index in [2.05, 4.69) is 17.4 Å². The Morgan fingerprint density at radius 2 is 1.67 bits per heavy atom. The lowest BCUT2D eigenvalue weighted by molar-refractivity contribution is -0.122. The van der Waals surface area contributed by atoms with Crippen LogP contribution >= 0.6 is 11.8 Å². The zero-order valence-corrected chi connectivity index (χ0v) is 12.7. The summed E-state index contributed by atoms with van der Waals surface area (Å²) in [6.45, 7) is 0.962. The van der Waals surface area contributed by atoms with Crippen LogP contribution in [0.2, 0.25) is 0 Å². The van der Waals surface area contributed by atoms with Gasteiger partial charge in [-0.1, -0.05) is 48.5 Å². The fourth-order valence-electron chi connectivity index (χ4n) is 2.06. The highest BCUT2D eigenvalue weighted by atomic mass is 32.2. The highest BCUT2D eigenvalue weighted by Gasteiger charge is 2.17. The zero-order chi connectivity index (χ0) is 14.9. The van der Waals surface area contributed by atoms with Gasteiger partial charge >= 0.3 is 0 Å². The maximum atomic E-state index is 12.2.